The summed E-state index contributed by atoms with van der Waals surface area (Å²) < 4.78 is 0. The van der Waals surface area contributed by atoms with Gasteiger partial charge in [-0.3, -0.25) is 4.79 Å². The Morgan fingerprint density at radius 2 is 1.65 bits per heavy atom. The zero-order valence-corrected chi connectivity index (χ0v) is 13.6. The molecule has 0 bridgehead atoms. The standard InChI is InChI=1S/C17H34N2O/c1-3-4-5-6-7-8-9-10-11-12-17(20)19-14-13-18-16(2)15-19/h16,18H,3-15H2,1-2H3. The van der Waals surface area contributed by atoms with Gasteiger partial charge in [0, 0.05) is 32.1 Å². The van der Waals surface area contributed by atoms with Crippen LogP contribution < -0.4 is 5.32 Å². The fourth-order valence-corrected chi connectivity index (χ4v) is 2.90. The quantitative estimate of drug-likeness (QED) is 0.619. The zero-order valence-electron chi connectivity index (χ0n) is 13.6. The van der Waals surface area contributed by atoms with Gasteiger partial charge in [0.2, 0.25) is 5.91 Å². The molecule has 1 fully saturated rings. The van der Waals surface area contributed by atoms with Crippen LogP contribution in [0.5, 0.6) is 0 Å². The van der Waals surface area contributed by atoms with Crippen LogP contribution in [0, 0.1) is 0 Å². The van der Waals surface area contributed by atoms with E-state index in [9.17, 15) is 4.79 Å². The number of piperazine rings is 1. The van der Waals surface area contributed by atoms with E-state index < -0.39 is 0 Å². The molecule has 1 unspecified atom stereocenters. The Balaban J connectivity index is 1.91. The van der Waals surface area contributed by atoms with Crippen molar-refractivity contribution in [2.75, 3.05) is 19.6 Å². The van der Waals surface area contributed by atoms with Crippen molar-refractivity contribution in [1.29, 1.82) is 0 Å². The highest BCUT2D eigenvalue weighted by molar-refractivity contribution is 5.76. The minimum atomic E-state index is 0.362. The van der Waals surface area contributed by atoms with Crippen LogP contribution in [-0.2, 0) is 4.79 Å². The SMILES string of the molecule is CCCCCCCCCCCC(=O)N1CCNC(C)C1. The van der Waals surface area contributed by atoms with Gasteiger partial charge in [0.15, 0.2) is 0 Å². The number of carbonyl (C=O) groups is 1. The summed E-state index contributed by atoms with van der Waals surface area (Å²) in [7, 11) is 0. The smallest absolute Gasteiger partial charge is 0.222 e. The van der Waals surface area contributed by atoms with Crippen molar-refractivity contribution < 1.29 is 4.79 Å². The first-order valence-corrected chi connectivity index (χ1v) is 8.75. The van der Waals surface area contributed by atoms with Crippen LogP contribution in [0.25, 0.3) is 0 Å². The van der Waals surface area contributed by atoms with E-state index in [0.717, 1.165) is 32.5 Å². The summed E-state index contributed by atoms with van der Waals surface area (Å²) in [6.07, 6.45) is 12.6. The molecule has 3 nitrogen and oxygen atoms in total. The average Bonchev–Trinajstić information content (AvgIpc) is 2.45. The summed E-state index contributed by atoms with van der Waals surface area (Å²) in [5, 5.41) is 3.38. The van der Waals surface area contributed by atoms with Gasteiger partial charge in [0.25, 0.3) is 0 Å². The number of nitrogens with zero attached hydrogens (tertiary/aromatic N) is 1. The number of hydrogen-bond donors (Lipinski definition) is 1. The molecule has 1 rings (SSSR count). The van der Waals surface area contributed by atoms with Crippen LogP contribution in [0.2, 0.25) is 0 Å². The van der Waals surface area contributed by atoms with Crippen molar-refractivity contribution in [3.63, 3.8) is 0 Å². The number of rotatable bonds is 10. The number of hydrogen-bond acceptors (Lipinski definition) is 2. The number of carbonyl (C=O) groups excluding carboxylic acids is 1. The van der Waals surface area contributed by atoms with Gasteiger partial charge < -0.3 is 10.2 Å². The molecule has 0 aromatic heterocycles. The largest absolute Gasteiger partial charge is 0.340 e. The zero-order chi connectivity index (χ0) is 14.6. The second-order valence-electron chi connectivity index (χ2n) is 6.27. The Bertz CT molecular complexity index is 255. The molecule has 118 valence electrons. The van der Waals surface area contributed by atoms with Crippen molar-refractivity contribution >= 4 is 5.91 Å². The molecule has 0 saturated carbocycles. The van der Waals surface area contributed by atoms with E-state index in [1.54, 1.807) is 0 Å². The van der Waals surface area contributed by atoms with Gasteiger partial charge in [-0.2, -0.15) is 0 Å². The summed E-state index contributed by atoms with van der Waals surface area (Å²) >= 11 is 0. The lowest BCUT2D eigenvalue weighted by Gasteiger charge is -2.32. The van der Waals surface area contributed by atoms with Crippen LogP contribution in [0.1, 0.15) is 78.1 Å². The van der Waals surface area contributed by atoms with Gasteiger partial charge in [-0.05, 0) is 13.3 Å². The normalized spacial score (nSPS) is 19.3. The molecule has 0 radical (unpaired) electrons. The van der Waals surface area contributed by atoms with Gasteiger partial charge in [0.1, 0.15) is 0 Å². The highest BCUT2D eigenvalue weighted by Crippen LogP contribution is 2.11. The van der Waals surface area contributed by atoms with Gasteiger partial charge in [-0.1, -0.05) is 58.3 Å². The Hall–Kier alpha value is -0.570. The number of amides is 1. The Labute approximate surface area is 125 Å². The molecule has 3 heteroatoms. The molecule has 1 saturated heterocycles. The molecule has 1 aliphatic heterocycles. The van der Waals surface area contributed by atoms with E-state index in [1.807, 2.05) is 4.90 Å². The lowest BCUT2D eigenvalue weighted by molar-refractivity contribution is -0.132. The second-order valence-corrected chi connectivity index (χ2v) is 6.27. The van der Waals surface area contributed by atoms with Crippen molar-refractivity contribution in [3.8, 4) is 0 Å². The lowest BCUT2D eigenvalue weighted by atomic mass is 10.1. The van der Waals surface area contributed by atoms with Crippen molar-refractivity contribution in [1.82, 2.24) is 10.2 Å². The third-order valence-corrected chi connectivity index (χ3v) is 4.22. The van der Waals surface area contributed by atoms with E-state index >= 15 is 0 Å². The molecule has 1 amide bonds. The first-order chi connectivity index (χ1) is 9.74. The van der Waals surface area contributed by atoms with Crippen molar-refractivity contribution in [2.24, 2.45) is 0 Å². The predicted octanol–water partition coefficient (Wildman–Crippen LogP) is 3.73. The summed E-state index contributed by atoms with van der Waals surface area (Å²) in [6.45, 7) is 7.13. The third-order valence-electron chi connectivity index (χ3n) is 4.22. The minimum Gasteiger partial charge on any atom is -0.340 e. The summed E-state index contributed by atoms with van der Waals surface area (Å²) in [4.78, 5) is 14.1. The summed E-state index contributed by atoms with van der Waals surface area (Å²) in [5.41, 5.74) is 0. The molecule has 1 heterocycles. The fraction of sp³-hybridized carbons (Fsp3) is 0.941. The maximum Gasteiger partial charge on any atom is 0.222 e. The van der Waals surface area contributed by atoms with E-state index in [1.165, 1.54) is 51.4 Å². The molecule has 1 N–H and O–H groups in total. The van der Waals surface area contributed by atoms with E-state index in [4.69, 9.17) is 0 Å². The van der Waals surface area contributed by atoms with Crippen LogP contribution in [0.3, 0.4) is 0 Å². The lowest BCUT2D eigenvalue weighted by Crippen LogP contribution is -2.51. The van der Waals surface area contributed by atoms with Gasteiger partial charge >= 0.3 is 0 Å². The monoisotopic (exact) mass is 282 g/mol. The third kappa shape index (κ3) is 7.88. The average molecular weight is 282 g/mol. The Morgan fingerprint density at radius 3 is 2.25 bits per heavy atom. The van der Waals surface area contributed by atoms with E-state index in [0.29, 0.717) is 11.9 Å². The van der Waals surface area contributed by atoms with Crippen molar-refractivity contribution in [3.05, 3.63) is 0 Å². The minimum absolute atomic E-state index is 0.362. The van der Waals surface area contributed by atoms with Gasteiger partial charge in [-0.25, -0.2) is 0 Å². The van der Waals surface area contributed by atoms with Crippen molar-refractivity contribution in [2.45, 2.75) is 84.1 Å². The Morgan fingerprint density at radius 1 is 1.05 bits per heavy atom. The van der Waals surface area contributed by atoms with Crippen LogP contribution in [0.15, 0.2) is 0 Å². The highest BCUT2D eigenvalue weighted by atomic mass is 16.2. The molecule has 20 heavy (non-hydrogen) atoms. The number of unbranched alkanes of at least 4 members (excludes halogenated alkanes) is 8. The molecule has 0 aliphatic carbocycles. The predicted molar refractivity (Wildman–Crippen MR) is 85.9 cm³/mol. The van der Waals surface area contributed by atoms with Gasteiger partial charge in [0.05, 0.1) is 0 Å². The molecule has 0 aromatic carbocycles. The van der Waals surface area contributed by atoms with E-state index in [-0.39, 0.29) is 0 Å². The molecule has 1 aliphatic rings. The van der Waals surface area contributed by atoms with Gasteiger partial charge in [-0.15, -0.1) is 0 Å². The number of nitrogens with one attached hydrogen (secondary N) is 1. The molecule has 1 atom stereocenters. The maximum atomic E-state index is 12.0. The molecular weight excluding hydrogens is 248 g/mol. The van der Waals surface area contributed by atoms with Crippen LogP contribution >= 0.6 is 0 Å². The first-order valence-electron chi connectivity index (χ1n) is 8.75. The maximum absolute atomic E-state index is 12.0. The first kappa shape index (κ1) is 17.5. The summed E-state index contributed by atoms with van der Waals surface area (Å²) in [6, 6.07) is 0.454. The molecule has 0 aromatic rings. The molecule has 0 spiro atoms. The second kappa shape index (κ2) is 11.1. The fourth-order valence-electron chi connectivity index (χ4n) is 2.90. The highest BCUT2D eigenvalue weighted by Gasteiger charge is 2.19. The van der Waals surface area contributed by atoms with E-state index in [2.05, 4.69) is 19.2 Å². The van der Waals surface area contributed by atoms with Crippen LogP contribution in [0.4, 0.5) is 0 Å². The summed E-state index contributed by atoms with van der Waals surface area (Å²) in [5.74, 6) is 0.362. The topological polar surface area (TPSA) is 32.3 Å². The van der Waals surface area contributed by atoms with Crippen LogP contribution in [-0.4, -0.2) is 36.5 Å². The Kier molecular flexibility index (Phi) is 9.73. The molecular formula is C17H34N2O.